The molecule has 0 aromatic carbocycles. The van der Waals surface area contributed by atoms with Crippen molar-refractivity contribution in [3.63, 3.8) is 0 Å². The number of nitrogens with one attached hydrogen (secondary N) is 1. The lowest BCUT2D eigenvalue weighted by Crippen LogP contribution is -2.39. The molecule has 1 fully saturated rings. The highest BCUT2D eigenvalue weighted by Gasteiger charge is 2.54. The van der Waals surface area contributed by atoms with Gasteiger partial charge in [0.2, 0.25) is 11.8 Å². The summed E-state index contributed by atoms with van der Waals surface area (Å²) in [5.41, 5.74) is 1.52. The van der Waals surface area contributed by atoms with E-state index in [1.165, 1.54) is 6.08 Å². The molecule has 5 rings (SSSR count). The van der Waals surface area contributed by atoms with E-state index in [-0.39, 0.29) is 46.8 Å². The van der Waals surface area contributed by atoms with Crippen molar-refractivity contribution < 1.29 is 28.7 Å². The number of halogens is 1. The fourth-order valence-corrected chi connectivity index (χ4v) is 5.53. The maximum Gasteiger partial charge on any atom is 0.231 e. The van der Waals surface area contributed by atoms with Crippen LogP contribution in [-0.4, -0.2) is 28.5 Å². The van der Waals surface area contributed by atoms with E-state index in [1.807, 2.05) is 6.08 Å². The van der Waals surface area contributed by atoms with Gasteiger partial charge in [0.1, 0.15) is 18.1 Å². The Bertz CT molecular complexity index is 1090. The van der Waals surface area contributed by atoms with Gasteiger partial charge < -0.3 is 9.52 Å². The van der Waals surface area contributed by atoms with Gasteiger partial charge in [-0.15, -0.1) is 0 Å². The van der Waals surface area contributed by atoms with Crippen LogP contribution in [0.2, 0.25) is 0 Å². The number of amides is 2. The Hall–Kier alpha value is -2.58. The van der Waals surface area contributed by atoms with Crippen molar-refractivity contribution in [2.24, 2.45) is 17.8 Å². The molecule has 8 heteroatoms. The highest BCUT2D eigenvalue weighted by atomic mass is 79.9. The van der Waals surface area contributed by atoms with Gasteiger partial charge in [-0.1, -0.05) is 11.6 Å². The smallest absolute Gasteiger partial charge is 0.231 e. The number of imide groups is 1. The van der Waals surface area contributed by atoms with Crippen molar-refractivity contribution in [1.29, 1.82) is 0 Å². The van der Waals surface area contributed by atoms with Gasteiger partial charge in [0.15, 0.2) is 11.6 Å². The minimum atomic E-state index is -0.623. The van der Waals surface area contributed by atoms with Crippen LogP contribution in [0.1, 0.15) is 30.3 Å². The molecular formula is C21H16BrNO6. The summed E-state index contributed by atoms with van der Waals surface area (Å²) >= 11 is 3.17. The van der Waals surface area contributed by atoms with Crippen LogP contribution >= 0.6 is 15.9 Å². The topological polar surface area (TPSA) is 114 Å². The third-order valence-corrected chi connectivity index (χ3v) is 6.89. The summed E-state index contributed by atoms with van der Waals surface area (Å²) in [5, 5.41) is 11.8. The van der Waals surface area contributed by atoms with Crippen molar-refractivity contribution in [3.8, 4) is 0 Å². The first-order valence-electron chi connectivity index (χ1n) is 9.34. The number of Topliss-reactive ketones (excluding diaryl/α,β-unsaturated/α-hetero) is 1. The Balaban J connectivity index is 1.70. The molecule has 0 radical (unpaired) electrons. The van der Waals surface area contributed by atoms with Gasteiger partial charge in [0.05, 0.1) is 22.2 Å². The zero-order chi connectivity index (χ0) is 20.4. The summed E-state index contributed by atoms with van der Waals surface area (Å²) in [7, 11) is 0. The molecule has 1 aliphatic heterocycles. The second-order valence-corrected chi connectivity index (χ2v) is 8.56. The van der Waals surface area contributed by atoms with E-state index in [9.17, 15) is 24.3 Å². The molecule has 1 aromatic heterocycles. The summed E-state index contributed by atoms with van der Waals surface area (Å²) in [6.45, 7) is -0.291. The number of rotatable bonds is 2. The lowest BCUT2D eigenvalue weighted by Gasteiger charge is -2.41. The van der Waals surface area contributed by atoms with Crippen molar-refractivity contribution in [2.75, 3.05) is 0 Å². The second kappa shape index (κ2) is 6.47. The zero-order valence-corrected chi connectivity index (χ0v) is 16.7. The lowest BCUT2D eigenvalue weighted by molar-refractivity contribution is -0.126. The molecule has 0 unspecified atom stereocenters. The van der Waals surface area contributed by atoms with Crippen LogP contribution in [-0.2, 0) is 25.8 Å². The lowest BCUT2D eigenvalue weighted by atomic mass is 9.60. The molecule has 29 heavy (non-hydrogen) atoms. The Morgan fingerprint density at radius 1 is 1.14 bits per heavy atom. The summed E-state index contributed by atoms with van der Waals surface area (Å²) < 4.78 is 5.93. The van der Waals surface area contributed by atoms with E-state index in [1.54, 1.807) is 12.1 Å². The minimum Gasteiger partial charge on any atom is -0.463 e. The number of carbonyl (C=O) groups is 4. The first-order chi connectivity index (χ1) is 13.9. The van der Waals surface area contributed by atoms with Gasteiger partial charge in [-0.2, -0.15) is 0 Å². The quantitative estimate of drug-likeness (QED) is 0.397. The largest absolute Gasteiger partial charge is 0.463 e. The fraction of sp³-hybridized carbons (Fsp3) is 0.333. The van der Waals surface area contributed by atoms with Gasteiger partial charge in [0.25, 0.3) is 0 Å². The van der Waals surface area contributed by atoms with Crippen LogP contribution in [0.3, 0.4) is 0 Å². The van der Waals surface area contributed by atoms with Crippen LogP contribution in [0.15, 0.2) is 49.9 Å². The number of allylic oxidation sites excluding steroid dienone is 6. The Morgan fingerprint density at radius 3 is 2.66 bits per heavy atom. The van der Waals surface area contributed by atoms with Crippen molar-refractivity contribution in [3.05, 3.63) is 57.0 Å². The van der Waals surface area contributed by atoms with E-state index in [0.717, 1.165) is 5.57 Å². The molecule has 2 N–H and O–H groups in total. The van der Waals surface area contributed by atoms with E-state index < -0.39 is 17.8 Å². The van der Waals surface area contributed by atoms with E-state index in [0.29, 0.717) is 29.1 Å². The summed E-state index contributed by atoms with van der Waals surface area (Å²) in [6.07, 6.45) is 3.79. The maximum absolute atomic E-state index is 12.9. The molecule has 2 heterocycles. The van der Waals surface area contributed by atoms with Gasteiger partial charge in [0, 0.05) is 17.2 Å². The van der Waals surface area contributed by atoms with Gasteiger partial charge in [-0.25, -0.2) is 0 Å². The predicted octanol–water partition coefficient (Wildman–Crippen LogP) is 1.82. The Kier molecular flexibility index (Phi) is 4.11. The number of aliphatic hydroxyl groups is 1. The maximum atomic E-state index is 12.9. The number of hydrogen-bond donors (Lipinski definition) is 2. The molecular weight excluding hydrogens is 442 g/mol. The van der Waals surface area contributed by atoms with Crippen LogP contribution in [0.5, 0.6) is 0 Å². The Morgan fingerprint density at radius 2 is 1.93 bits per heavy atom. The second-order valence-electron chi connectivity index (χ2n) is 7.71. The number of ketones is 2. The molecule has 4 aliphatic rings. The molecule has 2 amide bonds. The van der Waals surface area contributed by atoms with Crippen LogP contribution in [0.25, 0.3) is 0 Å². The molecule has 4 atom stereocenters. The monoisotopic (exact) mass is 457 g/mol. The molecule has 1 saturated heterocycles. The first kappa shape index (κ1) is 18.4. The predicted molar refractivity (Wildman–Crippen MR) is 102 cm³/mol. The average molecular weight is 458 g/mol. The number of fused-ring (bicyclic) bond motifs is 3. The normalized spacial score (nSPS) is 31.1. The minimum absolute atomic E-state index is 0.183. The molecule has 0 saturated carbocycles. The van der Waals surface area contributed by atoms with Gasteiger partial charge in [-0.05, 0) is 46.8 Å². The zero-order valence-electron chi connectivity index (χ0n) is 15.1. The van der Waals surface area contributed by atoms with Crippen LogP contribution in [0, 0.1) is 17.8 Å². The van der Waals surface area contributed by atoms with Crippen LogP contribution in [0.4, 0.5) is 0 Å². The van der Waals surface area contributed by atoms with Crippen molar-refractivity contribution in [1.82, 2.24) is 5.32 Å². The third kappa shape index (κ3) is 2.59. The number of aliphatic hydroxyl groups excluding tert-OH is 1. The standard InChI is InChI=1S/C21H16BrNO6/c22-13-6-14(25)17-12(19(13)26)5-11-9(18(17)15-4-1-8(7-24)29-15)2-3-10-16(11)21(28)23-20(10)27/h1-2,4,6,10-11,16,18,24H,3,5,7H2,(H,23,27,28)/t10-,11+,16-,18+/m0/s1. The number of hydrogen-bond acceptors (Lipinski definition) is 6. The highest BCUT2D eigenvalue weighted by molar-refractivity contribution is 9.12. The van der Waals surface area contributed by atoms with E-state index >= 15 is 0 Å². The third-order valence-electron chi connectivity index (χ3n) is 6.30. The van der Waals surface area contributed by atoms with Crippen LogP contribution < -0.4 is 5.32 Å². The number of carbonyl (C=O) groups excluding carboxylic acids is 4. The molecule has 0 bridgehead atoms. The Labute approximate surface area is 173 Å². The average Bonchev–Trinajstić information content (AvgIpc) is 3.29. The summed E-state index contributed by atoms with van der Waals surface area (Å²) in [4.78, 5) is 50.5. The number of furan rings is 1. The fourth-order valence-electron chi connectivity index (χ4n) is 5.08. The van der Waals surface area contributed by atoms with Gasteiger partial charge >= 0.3 is 0 Å². The van der Waals surface area contributed by atoms with Crippen molar-refractivity contribution in [2.45, 2.75) is 25.4 Å². The van der Waals surface area contributed by atoms with E-state index in [2.05, 4.69) is 21.2 Å². The molecule has 3 aliphatic carbocycles. The SMILES string of the molecule is O=C1C=C(Br)C(=O)C2=C1[C@@H](c1ccc(CO)o1)C1=CC[C@@H]3C(=O)NC(=O)[C@@H]3[C@@H]1C2. The first-order valence-corrected chi connectivity index (χ1v) is 10.1. The molecule has 1 aromatic rings. The summed E-state index contributed by atoms with van der Waals surface area (Å²) in [6, 6.07) is 3.30. The summed E-state index contributed by atoms with van der Waals surface area (Å²) in [5.74, 6) is -2.44. The van der Waals surface area contributed by atoms with Gasteiger partial charge in [-0.3, -0.25) is 24.5 Å². The van der Waals surface area contributed by atoms with Crippen molar-refractivity contribution >= 4 is 39.3 Å². The molecule has 148 valence electrons. The molecule has 0 spiro atoms. The highest BCUT2D eigenvalue weighted by Crippen LogP contribution is 2.54. The van der Waals surface area contributed by atoms with E-state index in [4.69, 9.17) is 4.42 Å². The molecule has 7 nitrogen and oxygen atoms in total.